The quantitative estimate of drug-likeness (QED) is 0.250. The Morgan fingerprint density at radius 1 is 0.514 bits per heavy atom. The molecule has 35 heavy (non-hydrogen) atoms. The number of phenols is 2. The van der Waals surface area contributed by atoms with Crippen LogP contribution in [0.4, 0.5) is 0 Å². The number of hydrogen-bond donors (Lipinski definition) is 2. The highest BCUT2D eigenvalue weighted by Crippen LogP contribution is 2.44. The lowest BCUT2D eigenvalue weighted by Gasteiger charge is -2.33. The Hall–Kier alpha value is -4.01. The summed E-state index contributed by atoms with van der Waals surface area (Å²) in [7, 11) is 0. The van der Waals surface area contributed by atoms with Gasteiger partial charge >= 0.3 is 0 Å². The standard InChI is InChI=1S/C32H25ClO2/c1-32(24-12-16-27(33)17-13-24,25-14-18-30(34)28(20-25)22-8-4-2-5-9-22)26-15-19-31(35)29(21-26)23-10-6-3-7-11-23/h2-21,34-35H,1H3. The van der Waals surface area contributed by atoms with Crippen molar-refractivity contribution in [2.45, 2.75) is 12.3 Å². The van der Waals surface area contributed by atoms with E-state index in [0.29, 0.717) is 5.02 Å². The first kappa shape index (κ1) is 22.8. The number of phenolic OH excluding ortho intramolecular Hbond substituents is 2. The fourth-order valence-corrected chi connectivity index (χ4v) is 4.80. The van der Waals surface area contributed by atoms with Gasteiger partial charge in [-0.05, 0) is 71.1 Å². The van der Waals surface area contributed by atoms with Gasteiger partial charge in [-0.3, -0.25) is 0 Å². The maximum atomic E-state index is 10.7. The fraction of sp³-hybridized carbons (Fsp3) is 0.0625. The summed E-state index contributed by atoms with van der Waals surface area (Å²) in [5.41, 5.74) is 5.93. The molecule has 172 valence electrons. The van der Waals surface area contributed by atoms with Crippen molar-refractivity contribution >= 4 is 11.6 Å². The van der Waals surface area contributed by atoms with E-state index in [1.807, 2.05) is 109 Å². The first-order chi connectivity index (χ1) is 17.0. The SMILES string of the molecule is CC(c1ccc(Cl)cc1)(c1ccc(O)c(-c2ccccc2)c1)c1ccc(O)c(-c2ccccc2)c1. The molecular formula is C32H25ClO2. The summed E-state index contributed by atoms with van der Waals surface area (Å²) in [6.45, 7) is 2.17. The molecule has 0 atom stereocenters. The highest BCUT2D eigenvalue weighted by atomic mass is 35.5. The topological polar surface area (TPSA) is 40.5 Å². The predicted molar refractivity (Wildman–Crippen MR) is 144 cm³/mol. The van der Waals surface area contributed by atoms with Crippen molar-refractivity contribution in [3.05, 3.63) is 143 Å². The maximum absolute atomic E-state index is 10.7. The molecule has 5 aromatic rings. The van der Waals surface area contributed by atoms with E-state index in [1.165, 1.54) is 0 Å². The van der Waals surface area contributed by atoms with Gasteiger partial charge in [-0.15, -0.1) is 0 Å². The van der Waals surface area contributed by atoms with Gasteiger partial charge in [0.15, 0.2) is 0 Å². The van der Waals surface area contributed by atoms with Gasteiger partial charge in [-0.1, -0.05) is 96.5 Å². The molecule has 0 saturated carbocycles. The highest BCUT2D eigenvalue weighted by molar-refractivity contribution is 6.30. The molecular weight excluding hydrogens is 452 g/mol. The summed E-state index contributed by atoms with van der Waals surface area (Å²) in [5.74, 6) is 0.461. The Labute approximate surface area is 210 Å². The third-order valence-corrected chi connectivity index (χ3v) is 6.99. The average Bonchev–Trinajstić information content (AvgIpc) is 2.90. The van der Waals surface area contributed by atoms with Gasteiger partial charge < -0.3 is 10.2 Å². The van der Waals surface area contributed by atoms with Crippen molar-refractivity contribution in [3.63, 3.8) is 0 Å². The molecule has 0 saturated heterocycles. The van der Waals surface area contributed by atoms with Crippen LogP contribution < -0.4 is 0 Å². The minimum absolute atomic E-state index is 0.231. The van der Waals surface area contributed by atoms with E-state index in [9.17, 15) is 10.2 Å². The van der Waals surface area contributed by atoms with Gasteiger partial charge in [0, 0.05) is 21.6 Å². The van der Waals surface area contributed by atoms with Gasteiger partial charge in [-0.2, -0.15) is 0 Å². The van der Waals surface area contributed by atoms with E-state index in [2.05, 4.69) is 6.92 Å². The van der Waals surface area contributed by atoms with Crippen LogP contribution in [0.15, 0.2) is 121 Å². The normalized spacial score (nSPS) is 11.4. The molecule has 0 aliphatic carbocycles. The maximum Gasteiger partial charge on any atom is 0.123 e. The van der Waals surface area contributed by atoms with Crippen molar-refractivity contribution in [1.82, 2.24) is 0 Å². The van der Waals surface area contributed by atoms with E-state index in [1.54, 1.807) is 12.1 Å². The van der Waals surface area contributed by atoms with Crippen LogP contribution in [0.2, 0.25) is 5.02 Å². The molecule has 5 aromatic carbocycles. The highest BCUT2D eigenvalue weighted by Gasteiger charge is 2.32. The van der Waals surface area contributed by atoms with Crippen LogP contribution >= 0.6 is 11.6 Å². The molecule has 0 heterocycles. The van der Waals surface area contributed by atoms with E-state index in [-0.39, 0.29) is 11.5 Å². The van der Waals surface area contributed by atoms with Gasteiger partial charge in [0.2, 0.25) is 0 Å². The second kappa shape index (κ2) is 9.32. The largest absolute Gasteiger partial charge is 0.507 e. The van der Waals surface area contributed by atoms with E-state index < -0.39 is 5.41 Å². The predicted octanol–water partition coefficient (Wildman–Crippen LogP) is 8.44. The van der Waals surface area contributed by atoms with Crippen LogP contribution in [-0.4, -0.2) is 10.2 Å². The molecule has 0 unspecified atom stereocenters. The Kier molecular flexibility index (Phi) is 6.07. The van der Waals surface area contributed by atoms with E-state index >= 15 is 0 Å². The molecule has 2 N–H and O–H groups in total. The van der Waals surface area contributed by atoms with Crippen molar-refractivity contribution in [2.24, 2.45) is 0 Å². The molecule has 0 aliphatic heterocycles. The van der Waals surface area contributed by atoms with Crippen molar-refractivity contribution in [2.75, 3.05) is 0 Å². The molecule has 0 amide bonds. The van der Waals surface area contributed by atoms with Crippen LogP contribution in [0, 0.1) is 0 Å². The molecule has 5 rings (SSSR count). The molecule has 0 aromatic heterocycles. The monoisotopic (exact) mass is 476 g/mol. The number of hydrogen-bond acceptors (Lipinski definition) is 2. The molecule has 0 spiro atoms. The molecule has 0 fully saturated rings. The molecule has 0 bridgehead atoms. The van der Waals surface area contributed by atoms with Crippen molar-refractivity contribution in [1.29, 1.82) is 0 Å². The summed E-state index contributed by atoms with van der Waals surface area (Å²) < 4.78 is 0. The molecule has 0 aliphatic rings. The summed E-state index contributed by atoms with van der Waals surface area (Å²) in [6, 6.07) is 39.1. The van der Waals surface area contributed by atoms with Gasteiger partial charge in [0.05, 0.1) is 0 Å². The zero-order chi connectivity index (χ0) is 24.4. The van der Waals surface area contributed by atoms with Crippen LogP contribution in [-0.2, 0) is 5.41 Å². The van der Waals surface area contributed by atoms with Crippen LogP contribution in [0.3, 0.4) is 0 Å². The van der Waals surface area contributed by atoms with E-state index in [0.717, 1.165) is 38.9 Å². The van der Waals surface area contributed by atoms with Gasteiger partial charge in [0.25, 0.3) is 0 Å². The second-order valence-corrected chi connectivity index (χ2v) is 9.26. The lowest BCUT2D eigenvalue weighted by molar-refractivity contribution is 0.476. The average molecular weight is 477 g/mol. The van der Waals surface area contributed by atoms with Gasteiger partial charge in [-0.25, -0.2) is 0 Å². The third-order valence-electron chi connectivity index (χ3n) is 6.74. The first-order valence-electron chi connectivity index (χ1n) is 11.5. The van der Waals surface area contributed by atoms with Crippen LogP contribution in [0.1, 0.15) is 23.6 Å². The van der Waals surface area contributed by atoms with Gasteiger partial charge in [0.1, 0.15) is 11.5 Å². The smallest absolute Gasteiger partial charge is 0.123 e. The summed E-state index contributed by atoms with van der Waals surface area (Å²) in [5, 5.41) is 22.1. The molecule has 3 heteroatoms. The second-order valence-electron chi connectivity index (χ2n) is 8.83. The van der Waals surface area contributed by atoms with Crippen molar-refractivity contribution < 1.29 is 10.2 Å². The lowest BCUT2D eigenvalue weighted by Crippen LogP contribution is -2.25. The fourth-order valence-electron chi connectivity index (χ4n) is 4.68. The van der Waals surface area contributed by atoms with Crippen LogP contribution in [0.5, 0.6) is 11.5 Å². The first-order valence-corrected chi connectivity index (χ1v) is 11.9. The van der Waals surface area contributed by atoms with Crippen molar-refractivity contribution in [3.8, 4) is 33.8 Å². The number of benzene rings is 5. The minimum atomic E-state index is -0.584. The molecule has 2 nitrogen and oxygen atoms in total. The van der Waals surface area contributed by atoms with E-state index in [4.69, 9.17) is 11.6 Å². The zero-order valence-corrected chi connectivity index (χ0v) is 20.1. The Morgan fingerprint density at radius 3 is 1.34 bits per heavy atom. The zero-order valence-electron chi connectivity index (χ0n) is 19.3. The summed E-state index contributed by atoms with van der Waals surface area (Å²) in [6.07, 6.45) is 0. The Morgan fingerprint density at radius 2 is 0.914 bits per heavy atom. The minimum Gasteiger partial charge on any atom is -0.507 e. The Bertz CT molecular complexity index is 1370. The van der Waals surface area contributed by atoms with Crippen LogP contribution in [0.25, 0.3) is 22.3 Å². The number of halogens is 1. The summed E-state index contributed by atoms with van der Waals surface area (Å²) >= 11 is 6.24. The third kappa shape index (κ3) is 4.29. The lowest BCUT2D eigenvalue weighted by atomic mass is 9.70. The number of rotatable bonds is 5. The summed E-state index contributed by atoms with van der Waals surface area (Å²) in [4.78, 5) is 0. The molecule has 0 radical (unpaired) electrons. The number of aromatic hydroxyl groups is 2. The Balaban J connectivity index is 1.75.